The van der Waals surface area contributed by atoms with Crippen molar-refractivity contribution in [2.75, 3.05) is 10.7 Å². The summed E-state index contributed by atoms with van der Waals surface area (Å²) in [6.07, 6.45) is 0. The molecule has 0 aliphatic rings. The fraction of sp³-hybridized carbons (Fsp3) is 0.238. The lowest BCUT2D eigenvalue weighted by atomic mass is 10.1. The molecule has 0 heterocycles. The molecular weight excluding hydrogens is 448 g/mol. The first kappa shape index (κ1) is 25.3. The van der Waals surface area contributed by atoms with Crippen LogP contribution in [0.5, 0.6) is 5.75 Å². The number of oxime groups is 1. The molecule has 0 bridgehead atoms. The number of anilines is 2. The Morgan fingerprint density at radius 1 is 1.03 bits per heavy atom. The van der Waals surface area contributed by atoms with Gasteiger partial charge >= 0.3 is 12.6 Å². The van der Waals surface area contributed by atoms with Crippen molar-refractivity contribution < 1.29 is 36.7 Å². The van der Waals surface area contributed by atoms with Crippen molar-refractivity contribution in [3.05, 3.63) is 54.1 Å². The number of rotatable bonds is 9. The van der Waals surface area contributed by atoms with E-state index in [1.54, 1.807) is 0 Å². The van der Waals surface area contributed by atoms with Crippen molar-refractivity contribution >= 4 is 34.7 Å². The third-order valence-electron chi connectivity index (χ3n) is 3.88. The highest BCUT2D eigenvalue weighted by atomic mass is 19.3. The second kappa shape index (κ2) is 11.1. The quantitative estimate of drug-likeness (QED) is 0.240. The third-order valence-corrected chi connectivity index (χ3v) is 3.88. The molecule has 0 saturated carbocycles. The highest BCUT2D eigenvalue weighted by molar-refractivity contribution is 6.68. The summed E-state index contributed by atoms with van der Waals surface area (Å²) in [6.45, 7) is 0.196. The molecule has 2 N–H and O–H groups in total. The Morgan fingerprint density at radius 2 is 1.70 bits per heavy atom. The standard InChI is InChI=1S/C21H20F4N4O4/c1-12(27-28-15-7-9-17(10-8-15)32-20(22)23)18(29-33-13(2)30)19(31)26-16-6-4-5-14(11-16)21(3,24)25/h4-11,20,28H,1-3H3,(H,26,31)/b27-12+,29-18-. The van der Waals surface area contributed by atoms with Crippen LogP contribution in [0, 0.1) is 0 Å². The van der Waals surface area contributed by atoms with Gasteiger partial charge in [-0.25, -0.2) is 13.6 Å². The number of alkyl halides is 4. The smallest absolute Gasteiger partial charge is 0.387 e. The first-order valence-electron chi connectivity index (χ1n) is 9.36. The van der Waals surface area contributed by atoms with Gasteiger partial charge in [-0.15, -0.1) is 0 Å². The van der Waals surface area contributed by atoms with Crippen molar-refractivity contribution in [2.24, 2.45) is 10.3 Å². The summed E-state index contributed by atoms with van der Waals surface area (Å²) in [5, 5.41) is 9.83. The molecule has 2 rings (SSSR count). The molecule has 12 heteroatoms. The number of hydrogen-bond acceptors (Lipinski definition) is 7. The predicted molar refractivity (Wildman–Crippen MR) is 114 cm³/mol. The van der Waals surface area contributed by atoms with E-state index < -0.39 is 30.1 Å². The average molecular weight is 468 g/mol. The number of nitrogens with zero attached hydrogens (tertiary/aromatic N) is 2. The Morgan fingerprint density at radius 3 is 2.27 bits per heavy atom. The van der Waals surface area contributed by atoms with Gasteiger partial charge in [0.1, 0.15) is 5.75 Å². The zero-order chi connectivity index (χ0) is 24.6. The first-order chi connectivity index (χ1) is 15.5. The molecule has 1 amide bonds. The van der Waals surface area contributed by atoms with Gasteiger partial charge < -0.3 is 14.9 Å². The van der Waals surface area contributed by atoms with E-state index in [9.17, 15) is 27.2 Å². The van der Waals surface area contributed by atoms with Crippen LogP contribution in [-0.4, -0.2) is 29.9 Å². The average Bonchev–Trinajstić information content (AvgIpc) is 2.72. The summed E-state index contributed by atoms with van der Waals surface area (Å²) < 4.78 is 55.8. The minimum atomic E-state index is -3.12. The fourth-order valence-corrected chi connectivity index (χ4v) is 2.35. The van der Waals surface area contributed by atoms with Crippen LogP contribution in [0.25, 0.3) is 0 Å². The molecule has 0 saturated heterocycles. The van der Waals surface area contributed by atoms with Gasteiger partial charge in [-0.2, -0.15) is 13.9 Å². The number of benzene rings is 2. The molecule has 33 heavy (non-hydrogen) atoms. The maximum absolute atomic E-state index is 13.6. The van der Waals surface area contributed by atoms with Crippen LogP contribution >= 0.6 is 0 Å². The van der Waals surface area contributed by atoms with E-state index in [-0.39, 0.29) is 22.7 Å². The van der Waals surface area contributed by atoms with Crippen molar-refractivity contribution in [3.8, 4) is 5.75 Å². The van der Waals surface area contributed by atoms with Crippen molar-refractivity contribution in [2.45, 2.75) is 33.3 Å². The van der Waals surface area contributed by atoms with Gasteiger partial charge in [0, 0.05) is 25.1 Å². The normalized spacial score (nSPS) is 12.4. The van der Waals surface area contributed by atoms with E-state index in [1.807, 2.05) is 0 Å². The maximum atomic E-state index is 13.6. The van der Waals surface area contributed by atoms with Crippen molar-refractivity contribution in [1.82, 2.24) is 0 Å². The Bertz CT molecular complexity index is 1050. The minimum absolute atomic E-state index is 0.0290. The largest absolute Gasteiger partial charge is 0.435 e. The van der Waals surface area contributed by atoms with Crippen LogP contribution in [-0.2, 0) is 20.3 Å². The van der Waals surface area contributed by atoms with Crippen molar-refractivity contribution in [1.29, 1.82) is 0 Å². The van der Waals surface area contributed by atoms with Gasteiger partial charge in [0.05, 0.1) is 11.4 Å². The lowest BCUT2D eigenvalue weighted by Gasteiger charge is -2.13. The van der Waals surface area contributed by atoms with Gasteiger partial charge in [0.25, 0.3) is 11.8 Å². The summed E-state index contributed by atoms with van der Waals surface area (Å²) in [4.78, 5) is 28.3. The molecule has 176 valence electrons. The number of hydrogen-bond donors (Lipinski definition) is 2. The maximum Gasteiger partial charge on any atom is 0.387 e. The van der Waals surface area contributed by atoms with E-state index in [4.69, 9.17) is 0 Å². The number of ether oxygens (including phenoxy) is 1. The lowest BCUT2D eigenvalue weighted by Crippen LogP contribution is -2.30. The van der Waals surface area contributed by atoms with Gasteiger partial charge in [-0.05, 0) is 43.3 Å². The van der Waals surface area contributed by atoms with Crippen LogP contribution < -0.4 is 15.5 Å². The zero-order valence-electron chi connectivity index (χ0n) is 17.7. The second-order valence-corrected chi connectivity index (χ2v) is 6.66. The Kier molecular flexibility index (Phi) is 8.49. The Hall–Kier alpha value is -3.96. The molecule has 0 spiro atoms. The third kappa shape index (κ3) is 8.24. The van der Waals surface area contributed by atoms with Gasteiger partial charge in [0.2, 0.25) is 0 Å². The number of halogens is 4. The SMILES string of the molecule is CC(=O)O/N=C(C(=O)Nc1cccc(C(C)(F)F)c1)/C(C)=N/Nc1ccc(OC(F)F)cc1. The molecule has 8 nitrogen and oxygen atoms in total. The molecule has 2 aromatic carbocycles. The van der Waals surface area contributed by atoms with Crippen LogP contribution in [0.4, 0.5) is 28.9 Å². The Balaban J connectivity index is 2.20. The minimum Gasteiger partial charge on any atom is -0.435 e. The van der Waals surface area contributed by atoms with Gasteiger partial charge in [-0.1, -0.05) is 17.3 Å². The number of amides is 1. The number of nitrogens with one attached hydrogen (secondary N) is 2. The van der Waals surface area contributed by atoms with Crippen molar-refractivity contribution in [3.63, 3.8) is 0 Å². The van der Waals surface area contributed by atoms with Gasteiger partial charge in [-0.3, -0.25) is 10.2 Å². The summed E-state index contributed by atoms with van der Waals surface area (Å²) >= 11 is 0. The summed E-state index contributed by atoms with van der Waals surface area (Å²) in [7, 11) is 0. The topological polar surface area (TPSA) is 101 Å². The van der Waals surface area contributed by atoms with Crippen LogP contribution in [0.3, 0.4) is 0 Å². The molecule has 0 aliphatic carbocycles. The van der Waals surface area contributed by atoms with Crippen LogP contribution in [0.15, 0.2) is 58.8 Å². The molecule has 0 radical (unpaired) electrons. The highest BCUT2D eigenvalue weighted by Gasteiger charge is 2.25. The fourth-order valence-electron chi connectivity index (χ4n) is 2.35. The number of carbonyl (C=O) groups is 2. The van der Waals surface area contributed by atoms with E-state index >= 15 is 0 Å². The molecule has 0 unspecified atom stereocenters. The molecule has 0 atom stereocenters. The molecule has 2 aromatic rings. The molecule has 0 fully saturated rings. The lowest BCUT2D eigenvalue weighted by molar-refractivity contribution is -0.140. The first-order valence-corrected chi connectivity index (χ1v) is 9.36. The second-order valence-electron chi connectivity index (χ2n) is 6.66. The number of hydrazone groups is 1. The van der Waals surface area contributed by atoms with E-state index in [0.29, 0.717) is 5.69 Å². The monoisotopic (exact) mass is 468 g/mol. The zero-order valence-corrected chi connectivity index (χ0v) is 17.7. The van der Waals surface area contributed by atoms with Crippen LogP contribution in [0.2, 0.25) is 0 Å². The molecular formula is C21H20F4N4O4. The Labute approximate surface area is 186 Å². The summed E-state index contributed by atoms with van der Waals surface area (Å²) in [5.41, 5.74) is 2.25. The van der Waals surface area contributed by atoms with E-state index in [1.165, 1.54) is 49.4 Å². The number of carbonyl (C=O) groups excluding carboxylic acids is 2. The predicted octanol–water partition coefficient (Wildman–Crippen LogP) is 4.75. The summed E-state index contributed by atoms with van der Waals surface area (Å²) in [5.74, 6) is -4.86. The summed E-state index contributed by atoms with van der Waals surface area (Å²) in [6, 6.07) is 10.4. The van der Waals surface area contributed by atoms with Gasteiger partial charge in [0.15, 0.2) is 5.71 Å². The van der Waals surface area contributed by atoms with Crippen LogP contribution in [0.1, 0.15) is 26.3 Å². The van der Waals surface area contributed by atoms with E-state index in [0.717, 1.165) is 19.9 Å². The highest BCUT2D eigenvalue weighted by Crippen LogP contribution is 2.28. The molecule has 0 aliphatic heterocycles. The van der Waals surface area contributed by atoms with E-state index in [2.05, 4.69) is 30.6 Å². The molecule has 0 aromatic heterocycles.